The molecule has 0 spiro atoms. The van der Waals surface area contributed by atoms with E-state index in [0.29, 0.717) is 18.0 Å². The molecule has 0 unspecified atom stereocenters. The summed E-state index contributed by atoms with van der Waals surface area (Å²) >= 11 is 0. The minimum absolute atomic E-state index is 0.225. The van der Waals surface area contributed by atoms with Crippen LogP contribution in [0.25, 0.3) is 22.5 Å². The summed E-state index contributed by atoms with van der Waals surface area (Å²) in [6.45, 7) is 0.317. The molecule has 142 valence electrons. The third-order valence-corrected chi connectivity index (χ3v) is 4.72. The van der Waals surface area contributed by atoms with E-state index in [9.17, 15) is 4.79 Å². The fourth-order valence-corrected chi connectivity index (χ4v) is 3.29. The van der Waals surface area contributed by atoms with Crippen molar-refractivity contribution in [1.29, 1.82) is 0 Å². The number of hydrogen-bond donors (Lipinski definition) is 1. The topological polar surface area (TPSA) is 77.4 Å². The third kappa shape index (κ3) is 3.19. The maximum atomic E-state index is 12.7. The van der Waals surface area contributed by atoms with Gasteiger partial charge in [-0.1, -0.05) is 12.1 Å². The predicted molar refractivity (Wildman–Crippen MR) is 108 cm³/mol. The quantitative estimate of drug-likeness (QED) is 0.502. The molecule has 0 aliphatic rings. The molecular weight excluding hydrogens is 366 g/mol. The van der Waals surface area contributed by atoms with E-state index in [1.54, 1.807) is 35.5 Å². The maximum Gasteiger partial charge on any atom is 0.270 e. The zero-order chi connectivity index (χ0) is 19.6. The first-order chi connectivity index (χ1) is 14.3. The van der Waals surface area contributed by atoms with Gasteiger partial charge in [-0.3, -0.25) is 9.78 Å². The molecule has 7 nitrogen and oxygen atoms in total. The molecule has 5 aromatic rings. The molecule has 29 heavy (non-hydrogen) atoms. The van der Waals surface area contributed by atoms with Gasteiger partial charge in [-0.15, -0.1) is 0 Å². The number of rotatable bonds is 5. The number of pyridine rings is 2. The first-order valence-electron chi connectivity index (χ1n) is 9.16. The van der Waals surface area contributed by atoms with Crippen LogP contribution in [0.5, 0.6) is 0 Å². The van der Waals surface area contributed by atoms with Crippen LogP contribution < -0.4 is 5.32 Å². The van der Waals surface area contributed by atoms with E-state index in [4.69, 9.17) is 4.42 Å². The molecule has 0 radical (unpaired) electrons. The Labute approximate surface area is 166 Å². The van der Waals surface area contributed by atoms with Gasteiger partial charge in [-0.25, -0.2) is 4.68 Å². The number of aromatic nitrogens is 4. The molecule has 0 bridgehead atoms. The summed E-state index contributed by atoms with van der Waals surface area (Å²) in [5.41, 5.74) is 3.50. The van der Waals surface area contributed by atoms with Crippen LogP contribution in [-0.2, 0) is 6.54 Å². The SMILES string of the molecule is O=C(NCc1ccco1)c1ccnn1-c1ccc2ccc(-c3cccnc3)cn12. The van der Waals surface area contributed by atoms with Crippen LogP contribution in [0.2, 0.25) is 0 Å². The summed E-state index contributed by atoms with van der Waals surface area (Å²) in [6, 6.07) is 17.2. The number of carbonyl (C=O) groups is 1. The number of nitrogens with one attached hydrogen (secondary N) is 1. The lowest BCUT2D eigenvalue weighted by molar-refractivity contribution is 0.0940. The van der Waals surface area contributed by atoms with Gasteiger partial charge in [0, 0.05) is 29.7 Å². The van der Waals surface area contributed by atoms with Crippen LogP contribution >= 0.6 is 0 Å². The number of hydrogen-bond acceptors (Lipinski definition) is 4. The molecule has 0 saturated carbocycles. The molecule has 0 saturated heterocycles. The molecule has 1 N–H and O–H groups in total. The number of fused-ring (bicyclic) bond motifs is 1. The average Bonchev–Trinajstić information content (AvgIpc) is 3.52. The van der Waals surface area contributed by atoms with Crippen LogP contribution in [0.3, 0.4) is 0 Å². The largest absolute Gasteiger partial charge is 0.467 e. The van der Waals surface area contributed by atoms with E-state index in [-0.39, 0.29) is 5.91 Å². The molecule has 0 atom stereocenters. The van der Waals surface area contributed by atoms with Crippen molar-refractivity contribution in [1.82, 2.24) is 24.5 Å². The first kappa shape index (κ1) is 17.0. The Kier molecular flexibility index (Phi) is 4.18. The highest BCUT2D eigenvalue weighted by atomic mass is 16.3. The van der Waals surface area contributed by atoms with E-state index in [1.807, 2.05) is 53.2 Å². The van der Waals surface area contributed by atoms with Crippen molar-refractivity contribution in [3.8, 4) is 16.9 Å². The summed E-state index contributed by atoms with van der Waals surface area (Å²) in [5.74, 6) is 1.25. The second kappa shape index (κ2) is 7.12. The lowest BCUT2D eigenvalue weighted by Gasteiger charge is -2.10. The summed E-state index contributed by atoms with van der Waals surface area (Å²) in [6.07, 6.45) is 8.80. The van der Waals surface area contributed by atoms with Crippen molar-refractivity contribution in [2.24, 2.45) is 0 Å². The molecule has 0 fully saturated rings. The van der Waals surface area contributed by atoms with Crippen molar-refractivity contribution >= 4 is 11.4 Å². The van der Waals surface area contributed by atoms with E-state index in [0.717, 1.165) is 22.5 Å². The van der Waals surface area contributed by atoms with Crippen LogP contribution in [0.1, 0.15) is 16.2 Å². The Bertz CT molecular complexity index is 1270. The molecule has 5 rings (SSSR count). The monoisotopic (exact) mass is 383 g/mol. The number of nitrogens with zero attached hydrogens (tertiary/aromatic N) is 4. The van der Waals surface area contributed by atoms with Crippen LogP contribution in [-0.4, -0.2) is 25.1 Å². The standard InChI is InChI=1S/C22H17N5O2/c28-22(24-14-19-4-2-12-29-19)20-9-11-25-27(20)21-8-7-18-6-5-17(15-26(18)21)16-3-1-10-23-13-16/h1-13,15H,14H2,(H,24,28). The summed E-state index contributed by atoms with van der Waals surface area (Å²) < 4.78 is 8.92. The summed E-state index contributed by atoms with van der Waals surface area (Å²) in [5, 5.41) is 7.24. The van der Waals surface area contributed by atoms with Crippen molar-refractivity contribution in [2.75, 3.05) is 0 Å². The van der Waals surface area contributed by atoms with Gasteiger partial charge < -0.3 is 14.1 Å². The van der Waals surface area contributed by atoms with Crippen molar-refractivity contribution in [3.63, 3.8) is 0 Å². The first-order valence-corrected chi connectivity index (χ1v) is 9.16. The van der Waals surface area contributed by atoms with Gasteiger partial charge in [0.25, 0.3) is 5.91 Å². The Morgan fingerprint density at radius 1 is 1.00 bits per heavy atom. The maximum absolute atomic E-state index is 12.7. The number of carbonyl (C=O) groups excluding carboxylic acids is 1. The lowest BCUT2D eigenvalue weighted by Crippen LogP contribution is -2.25. The Balaban J connectivity index is 1.50. The van der Waals surface area contributed by atoms with Gasteiger partial charge in [0.2, 0.25) is 0 Å². The summed E-state index contributed by atoms with van der Waals surface area (Å²) in [4.78, 5) is 16.9. The van der Waals surface area contributed by atoms with Gasteiger partial charge in [-0.2, -0.15) is 5.10 Å². The van der Waals surface area contributed by atoms with Crippen molar-refractivity contribution in [3.05, 3.63) is 97.1 Å². The second-order valence-corrected chi connectivity index (χ2v) is 6.54. The minimum atomic E-state index is -0.225. The molecule has 5 heterocycles. The second-order valence-electron chi connectivity index (χ2n) is 6.54. The fourth-order valence-electron chi connectivity index (χ4n) is 3.29. The van der Waals surface area contributed by atoms with Gasteiger partial charge in [0.1, 0.15) is 17.3 Å². The summed E-state index contributed by atoms with van der Waals surface area (Å²) in [7, 11) is 0. The Morgan fingerprint density at radius 2 is 1.93 bits per heavy atom. The van der Waals surface area contributed by atoms with Gasteiger partial charge in [-0.05, 0) is 48.0 Å². The zero-order valence-corrected chi connectivity index (χ0v) is 15.4. The van der Waals surface area contributed by atoms with E-state index < -0.39 is 0 Å². The molecule has 5 aromatic heterocycles. The highest BCUT2D eigenvalue weighted by Gasteiger charge is 2.16. The minimum Gasteiger partial charge on any atom is -0.467 e. The zero-order valence-electron chi connectivity index (χ0n) is 15.4. The van der Waals surface area contributed by atoms with Gasteiger partial charge in [0.15, 0.2) is 0 Å². The van der Waals surface area contributed by atoms with E-state index in [1.165, 1.54) is 0 Å². The molecule has 0 aliphatic heterocycles. The lowest BCUT2D eigenvalue weighted by atomic mass is 10.1. The number of furan rings is 1. The molecule has 0 aromatic carbocycles. The fraction of sp³-hybridized carbons (Fsp3) is 0.0455. The van der Waals surface area contributed by atoms with Crippen LogP contribution in [0, 0.1) is 0 Å². The average molecular weight is 383 g/mol. The predicted octanol–water partition coefficient (Wildman–Crippen LogP) is 3.71. The highest BCUT2D eigenvalue weighted by Crippen LogP contribution is 2.23. The highest BCUT2D eigenvalue weighted by molar-refractivity contribution is 5.93. The smallest absolute Gasteiger partial charge is 0.270 e. The number of amides is 1. The van der Waals surface area contributed by atoms with Crippen LogP contribution in [0.4, 0.5) is 0 Å². The molecule has 7 heteroatoms. The molecular formula is C22H17N5O2. The molecule has 0 aliphatic carbocycles. The normalized spacial score (nSPS) is 11.0. The Morgan fingerprint density at radius 3 is 2.76 bits per heavy atom. The van der Waals surface area contributed by atoms with E-state index >= 15 is 0 Å². The van der Waals surface area contributed by atoms with Gasteiger partial charge >= 0.3 is 0 Å². The molecule has 1 amide bonds. The van der Waals surface area contributed by atoms with Crippen LogP contribution in [0.15, 0.2) is 90.1 Å². The van der Waals surface area contributed by atoms with Crippen molar-refractivity contribution in [2.45, 2.75) is 6.54 Å². The van der Waals surface area contributed by atoms with Crippen molar-refractivity contribution < 1.29 is 9.21 Å². The third-order valence-electron chi connectivity index (χ3n) is 4.72. The van der Waals surface area contributed by atoms with E-state index in [2.05, 4.69) is 21.5 Å². The Hall–Kier alpha value is -4.13. The van der Waals surface area contributed by atoms with Gasteiger partial charge in [0.05, 0.1) is 19.0 Å².